The molecule has 0 fully saturated rings. The van der Waals surface area contributed by atoms with Crippen LogP contribution in [0.1, 0.15) is 49.8 Å². The van der Waals surface area contributed by atoms with Gasteiger partial charge in [0.15, 0.2) is 0 Å². The summed E-state index contributed by atoms with van der Waals surface area (Å²) in [6, 6.07) is 22.1. The molecule has 0 heterocycles. The predicted molar refractivity (Wildman–Crippen MR) is 152 cm³/mol. The number of ether oxygens (including phenoxy) is 2. The molecular weight excluding hydrogens is 524 g/mol. The summed E-state index contributed by atoms with van der Waals surface area (Å²) < 4.78 is 11.0. The van der Waals surface area contributed by atoms with E-state index in [0.717, 1.165) is 27.8 Å². The number of rotatable bonds is 10. The molecule has 2 amide bonds. The smallest absolute Gasteiger partial charge is 0.407 e. The van der Waals surface area contributed by atoms with Crippen molar-refractivity contribution in [1.29, 1.82) is 0 Å². The highest BCUT2D eigenvalue weighted by atomic mass is 16.6. The van der Waals surface area contributed by atoms with Gasteiger partial charge in [-0.1, -0.05) is 78.9 Å². The van der Waals surface area contributed by atoms with Crippen LogP contribution in [0.5, 0.6) is 0 Å². The summed E-state index contributed by atoms with van der Waals surface area (Å²) in [6.07, 6.45) is -1.53. The Balaban J connectivity index is 1.45. The molecular formula is C32H34N2O7. The molecule has 0 unspecified atom stereocenters. The van der Waals surface area contributed by atoms with E-state index < -0.39 is 48.0 Å². The van der Waals surface area contributed by atoms with Crippen molar-refractivity contribution in [1.82, 2.24) is 10.6 Å². The zero-order valence-electron chi connectivity index (χ0n) is 23.3. The number of alkyl carbamates (subject to hydrolysis) is 1. The standard InChI is InChI=1S/C32H34N2O7/c1-32(2,3)41-30(38)27(17-20-11-5-4-6-12-20)33-29(37)26(18-28(35)36)34-31(39)40-19-25-23-15-9-7-13-21(23)22-14-8-10-16-24(22)25/h4-16,25-27H,17-19H2,1-3H3,(H,33,37)(H,34,39)(H,35,36)/t26-,27-/m0/s1. The van der Waals surface area contributed by atoms with Crippen LogP contribution in [0.3, 0.4) is 0 Å². The third-order valence-corrected chi connectivity index (χ3v) is 6.62. The molecule has 1 aliphatic carbocycles. The normalized spacial score (nSPS) is 13.7. The van der Waals surface area contributed by atoms with E-state index in [1.54, 1.807) is 45.0 Å². The molecule has 1 aliphatic rings. The van der Waals surface area contributed by atoms with Gasteiger partial charge >= 0.3 is 18.0 Å². The fraction of sp³-hybridized carbons (Fsp3) is 0.312. The van der Waals surface area contributed by atoms with E-state index in [1.807, 2.05) is 54.6 Å². The lowest BCUT2D eigenvalue weighted by molar-refractivity contribution is -0.158. The van der Waals surface area contributed by atoms with Crippen LogP contribution in [0.15, 0.2) is 78.9 Å². The van der Waals surface area contributed by atoms with E-state index >= 15 is 0 Å². The summed E-state index contributed by atoms with van der Waals surface area (Å²) in [5.41, 5.74) is 4.11. The number of carbonyl (C=O) groups is 4. The van der Waals surface area contributed by atoms with Crippen molar-refractivity contribution in [3.63, 3.8) is 0 Å². The third-order valence-electron chi connectivity index (χ3n) is 6.62. The van der Waals surface area contributed by atoms with Gasteiger partial charge < -0.3 is 25.2 Å². The summed E-state index contributed by atoms with van der Waals surface area (Å²) in [6.45, 7) is 5.12. The van der Waals surface area contributed by atoms with E-state index in [4.69, 9.17) is 9.47 Å². The second kappa shape index (κ2) is 12.7. The minimum absolute atomic E-state index is 0.00416. The van der Waals surface area contributed by atoms with Crippen molar-refractivity contribution in [2.24, 2.45) is 0 Å². The number of carbonyl (C=O) groups excluding carboxylic acids is 3. The van der Waals surface area contributed by atoms with Gasteiger partial charge in [0.1, 0.15) is 24.3 Å². The maximum Gasteiger partial charge on any atom is 0.407 e. The summed E-state index contributed by atoms with van der Waals surface area (Å²) in [5, 5.41) is 14.4. The monoisotopic (exact) mass is 558 g/mol. The summed E-state index contributed by atoms with van der Waals surface area (Å²) >= 11 is 0. The van der Waals surface area contributed by atoms with Crippen LogP contribution in [0, 0.1) is 0 Å². The minimum atomic E-state index is -1.48. The molecule has 3 N–H and O–H groups in total. The molecule has 214 valence electrons. The van der Waals surface area contributed by atoms with Crippen LogP contribution in [0.4, 0.5) is 4.79 Å². The van der Waals surface area contributed by atoms with E-state index in [9.17, 15) is 24.3 Å². The number of carboxylic acid groups (broad SMARTS) is 1. The van der Waals surface area contributed by atoms with Gasteiger partial charge in [-0.3, -0.25) is 9.59 Å². The number of fused-ring (bicyclic) bond motifs is 3. The lowest BCUT2D eigenvalue weighted by Crippen LogP contribution is -2.54. The molecule has 41 heavy (non-hydrogen) atoms. The minimum Gasteiger partial charge on any atom is -0.481 e. The number of nitrogens with one attached hydrogen (secondary N) is 2. The fourth-order valence-corrected chi connectivity index (χ4v) is 4.85. The Bertz CT molecular complexity index is 1370. The van der Waals surface area contributed by atoms with E-state index in [-0.39, 0.29) is 18.9 Å². The lowest BCUT2D eigenvalue weighted by Gasteiger charge is -2.26. The van der Waals surface area contributed by atoms with E-state index in [1.165, 1.54) is 0 Å². The third kappa shape index (κ3) is 7.72. The molecule has 0 radical (unpaired) electrons. The Morgan fingerprint density at radius 2 is 1.37 bits per heavy atom. The average Bonchev–Trinajstić information content (AvgIpc) is 3.24. The van der Waals surface area contributed by atoms with Gasteiger partial charge in [0, 0.05) is 12.3 Å². The molecule has 0 spiro atoms. The molecule has 0 saturated carbocycles. The Morgan fingerprint density at radius 1 is 0.805 bits per heavy atom. The van der Waals surface area contributed by atoms with Crippen LogP contribution in [-0.4, -0.2) is 53.3 Å². The van der Waals surface area contributed by atoms with E-state index in [2.05, 4.69) is 10.6 Å². The highest BCUT2D eigenvalue weighted by Crippen LogP contribution is 2.44. The van der Waals surface area contributed by atoms with Crippen LogP contribution in [0.25, 0.3) is 11.1 Å². The topological polar surface area (TPSA) is 131 Å². The van der Waals surface area contributed by atoms with Gasteiger partial charge in [-0.05, 0) is 48.6 Å². The molecule has 0 saturated heterocycles. The molecule has 3 aromatic carbocycles. The van der Waals surface area contributed by atoms with E-state index in [0.29, 0.717) is 0 Å². The fourth-order valence-electron chi connectivity index (χ4n) is 4.85. The van der Waals surface area contributed by atoms with Crippen LogP contribution < -0.4 is 10.6 Å². The van der Waals surface area contributed by atoms with Crippen LogP contribution in [-0.2, 0) is 30.3 Å². The van der Waals surface area contributed by atoms with Crippen molar-refractivity contribution in [2.45, 2.75) is 57.2 Å². The summed E-state index contributed by atoms with van der Waals surface area (Å²) in [4.78, 5) is 50.6. The number of carboxylic acids is 1. The number of amides is 2. The second-order valence-corrected chi connectivity index (χ2v) is 10.9. The molecule has 0 aromatic heterocycles. The zero-order valence-corrected chi connectivity index (χ0v) is 23.3. The van der Waals surface area contributed by atoms with Crippen molar-refractivity contribution < 1.29 is 33.8 Å². The van der Waals surface area contributed by atoms with Crippen molar-refractivity contribution >= 4 is 23.9 Å². The van der Waals surface area contributed by atoms with Crippen LogP contribution >= 0.6 is 0 Å². The number of esters is 1. The van der Waals surface area contributed by atoms with Crippen molar-refractivity contribution in [2.75, 3.05) is 6.61 Å². The SMILES string of the molecule is CC(C)(C)OC(=O)[C@H](Cc1ccccc1)NC(=O)[C@H](CC(=O)O)NC(=O)OCC1c2ccccc2-c2ccccc21. The number of benzene rings is 3. The van der Waals surface area contributed by atoms with Gasteiger partial charge in [0.2, 0.25) is 5.91 Å². The molecule has 0 bridgehead atoms. The average molecular weight is 559 g/mol. The summed E-state index contributed by atoms with van der Waals surface area (Å²) in [5.74, 6) is -3.03. The van der Waals surface area contributed by atoms with Crippen molar-refractivity contribution in [3.05, 3.63) is 95.6 Å². The molecule has 4 rings (SSSR count). The highest BCUT2D eigenvalue weighted by molar-refractivity contribution is 5.92. The number of hydrogen-bond acceptors (Lipinski definition) is 6. The molecule has 3 aromatic rings. The molecule has 2 atom stereocenters. The first kappa shape index (κ1) is 29.3. The number of aliphatic carboxylic acids is 1. The maximum absolute atomic E-state index is 13.2. The zero-order chi connectivity index (χ0) is 29.6. The number of hydrogen-bond donors (Lipinski definition) is 3. The van der Waals surface area contributed by atoms with Gasteiger partial charge in [-0.15, -0.1) is 0 Å². The maximum atomic E-state index is 13.2. The Labute approximate surface area is 238 Å². The first-order valence-corrected chi connectivity index (χ1v) is 13.4. The van der Waals surface area contributed by atoms with Gasteiger partial charge in [0.25, 0.3) is 0 Å². The second-order valence-electron chi connectivity index (χ2n) is 10.9. The largest absolute Gasteiger partial charge is 0.481 e. The van der Waals surface area contributed by atoms with Crippen LogP contribution in [0.2, 0.25) is 0 Å². The van der Waals surface area contributed by atoms with Crippen molar-refractivity contribution in [3.8, 4) is 11.1 Å². The molecule has 9 nitrogen and oxygen atoms in total. The van der Waals surface area contributed by atoms with Gasteiger partial charge in [-0.25, -0.2) is 9.59 Å². The molecule has 0 aliphatic heterocycles. The van der Waals surface area contributed by atoms with Gasteiger partial charge in [0.05, 0.1) is 6.42 Å². The first-order chi connectivity index (χ1) is 19.5. The molecule has 9 heteroatoms. The summed E-state index contributed by atoms with van der Waals surface area (Å²) in [7, 11) is 0. The lowest BCUT2D eigenvalue weighted by atomic mass is 9.98. The quantitative estimate of drug-likeness (QED) is 0.314. The highest BCUT2D eigenvalue weighted by Gasteiger charge is 2.33. The Hall–Kier alpha value is -4.66. The first-order valence-electron chi connectivity index (χ1n) is 13.4. The Kier molecular flexibility index (Phi) is 9.07. The predicted octanol–water partition coefficient (Wildman–Crippen LogP) is 4.44. The Morgan fingerprint density at radius 3 is 1.93 bits per heavy atom. The van der Waals surface area contributed by atoms with Gasteiger partial charge in [-0.2, -0.15) is 0 Å².